The minimum atomic E-state index is -0.324. The number of fused-ring (bicyclic) bond motifs is 1. The van der Waals surface area contributed by atoms with E-state index in [1.807, 2.05) is 30.3 Å². The van der Waals surface area contributed by atoms with Gasteiger partial charge in [-0.2, -0.15) is 0 Å². The van der Waals surface area contributed by atoms with Gasteiger partial charge in [0.25, 0.3) is 6.47 Å². The molecule has 1 unspecified atom stereocenters. The Morgan fingerprint density at radius 3 is 3.12 bits per heavy atom. The average molecular weight is 236 g/mol. The molecule has 0 N–H and O–H groups in total. The Labute approximate surface area is 98.0 Å². The lowest BCUT2D eigenvalue weighted by atomic mass is 10.1. The number of carbonyl (C=O) groups excluding carboxylic acids is 1. The van der Waals surface area contributed by atoms with Crippen LogP contribution in [0.4, 0.5) is 0 Å². The molecule has 0 aliphatic rings. The maximum atomic E-state index is 10.1. The number of nitrogens with zero attached hydrogens (tertiary/aromatic N) is 1. The molecule has 0 bridgehead atoms. The molecule has 0 fully saturated rings. The van der Waals surface area contributed by atoms with Gasteiger partial charge in [0.05, 0.1) is 10.9 Å². The van der Waals surface area contributed by atoms with Crippen molar-refractivity contribution in [2.75, 3.05) is 6.61 Å². The predicted octanol–water partition coefficient (Wildman–Crippen LogP) is 2.69. The fourth-order valence-electron chi connectivity index (χ4n) is 1.51. The minimum absolute atomic E-state index is 0.177. The maximum absolute atomic E-state index is 10.1. The van der Waals surface area contributed by atoms with Gasteiger partial charge in [-0.15, -0.1) is 11.6 Å². The zero-order valence-electron chi connectivity index (χ0n) is 8.47. The Morgan fingerprint density at radius 1 is 1.44 bits per heavy atom. The van der Waals surface area contributed by atoms with E-state index in [2.05, 4.69) is 9.72 Å². The molecule has 0 saturated carbocycles. The van der Waals surface area contributed by atoms with Crippen molar-refractivity contribution in [1.29, 1.82) is 0 Å². The molecule has 0 aliphatic heterocycles. The number of hydrogen-bond acceptors (Lipinski definition) is 3. The summed E-state index contributed by atoms with van der Waals surface area (Å²) in [5, 5.41) is 0.701. The van der Waals surface area contributed by atoms with Crippen LogP contribution in [0.2, 0.25) is 0 Å². The number of carbonyl (C=O) groups is 1. The van der Waals surface area contributed by atoms with E-state index in [0.717, 1.165) is 16.5 Å². The fourth-order valence-corrected chi connectivity index (χ4v) is 1.72. The first kappa shape index (κ1) is 10.9. The molecular formula is C12H10ClNO2. The van der Waals surface area contributed by atoms with Gasteiger partial charge in [-0.3, -0.25) is 9.78 Å². The van der Waals surface area contributed by atoms with E-state index in [9.17, 15) is 4.79 Å². The molecule has 0 spiro atoms. The molecule has 2 aromatic rings. The number of alkyl halides is 1. The van der Waals surface area contributed by atoms with E-state index in [0.29, 0.717) is 6.47 Å². The van der Waals surface area contributed by atoms with E-state index in [1.165, 1.54) is 0 Å². The number of pyridine rings is 1. The molecule has 0 radical (unpaired) electrons. The highest BCUT2D eigenvalue weighted by Crippen LogP contribution is 2.23. The van der Waals surface area contributed by atoms with Gasteiger partial charge in [0, 0.05) is 11.6 Å². The van der Waals surface area contributed by atoms with E-state index >= 15 is 0 Å². The lowest BCUT2D eigenvalue weighted by Gasteiger charge is -2.09. The highest BCUT2D eigenvalue weighted by Gasteiger charge is 2.08. The Morgan fingerprint density at radius 2 is 2.31 bits per heavy atom. The van der Waals surface area contributed by atoms with Crippen molar-refractivity contribution < 1.29 is 9.53 Å². The van der Waals surface area contributed by atoms with Crippen molar-refractivity contribution in [3.05, 3.63) is 42.1 Å². The highest BCUT2D eigenvalue weighted by atomic mass is 35.5. The predicted molar refractivity (Wildman–Crippen MR) is 62.4 cm³/mol. The van der Waals surface area contributed by atoms with E-state index in [4.69, 9.17) is 11.6 Å². The molecule has 0 aliphatic carbocycles. The van der Waals surface area contributed by atoms with Crippen molar-refractivity contribution in [3.63, 3.8) is 0 Å². The molecule has 0 saturated heterocycles. The molecule has 82 valence electrons. The molecule has 4 heteroatoms. The number of aromatic nitrogens is 1. The Hall–Kier alpha value is -1.61. The van der Waals surface area contributed by atoms with Crippen molar-refractivity contribution >= 4 is 29.0 Å². The van der Waals surface area contributed by atoms with Gasteiger partial charge in [0.15, 0.2) is 0 Å². The number of ether oxygens (including phenoxy) is 1. The normalized spacial score (nSPS) is 12.3. The second-order valence-electron chi connectivity index (χ2n) is 3.35. The first-order valence-electron chi connectivity index (χ1n) is 4.85. The van der Waals surface area contributed by atoms with Crippen LogP contribution in [0.25, 0.3) is 10.9 Å². The summed E-state index contributed by atoms with van der Waals surface area (Å²) in [4.78, 5) is 14.3. The van der Waals surface area contributed by atoms with Gasteiger partial charge in [0.2, 0.25) is 0 Å². The molecule has 1 atom stereocenters. The third-order valence-corrected chi connectivity index (χ3v) is 2.68. The summed E-state index contributed by atoms with van der Waals surface area (Å²) in [7, 11) is 0. The van der Waals surface area contributed by atoms with Gasteiger partial charge in [-0.25, -0.2) is 0 Å². The number of rotatable bonds is 4. The van der Waals surface area contributed by atoms with Crippen LogP contribution in [0.15, 0.2) is 36.5 Å². The molecule has 3 nitrogen and oxygen atoms in total. The smallest absolute Gasteiger partial charge is 0.293 e. The van der Waals surface area contributed by atoms with Crippen LogP contribution in [-0.4, -0.2) is 18.1 Å². The molecule has 1 heterocycles. The number of hydrogen-bond donors (Lipinski definition) is 0. The Bertz CT molecular complexity index is 501. The third kappa shape index (κ3) is 2.31. The van der Waals surface area contributed by atoms with Gasteiger partial charge < -0.3 is 4.74 Å². The molecule has 16 heavy (non-hydrogen) atoms. The highest BCUT2D eigenvalue weighted by molar-refractivity contribution is 6.21. The van der Waals surface area contributed by atoms with Crippen LogP contribution in [0.5, 0.6) is 0 Å². The SMILES string of the molecule is O=COCC(Cl)c1ccc2ncccc2c1. The number of halogens is 1. The molecule has 1 aromatic carbocycles. The second kappa shape index (κ2) is 4.94. The standard InChI is InChI=1S/C12H10ClNO2/c13-11(7-16-8-15)9-3-4-12-10(6-9)2-1-5-14-12/h1-6,8,11H,7H2. The average Bonchev–Trinajstić information content (AvgIpc) is 2.35. The summed E-state index contributed by atoms with van der Waals surface area (Å²) in [6.07, 6.45) is 1.75. The lowest BCUT2D eigenvalue weighted by molar-refractivity contribution is -0.128. The number of benzene rings is 1. The van der Waals surface area contributed by atoms with Gasteiger partial charge >= 0.3 is 0 Å². The monoisotopic (exact) mass is 235 g/mol. The van der Waals surface area contributed by atoms with Crippen molar-refractivity contribution in [3.8, 4) is 0 Å². The van der Waals surface area contributed by atoms with Crippen LogP contribution in [0, 0.1) is 0 Å². The first-order chi connectivity index (χ1) is 7.81. The van der Waals surface area contributed by atoms with Gasteiger partial charge in [-0.1, -0.05) is 12.1 Å². The molecular weight excluding hydrogens is 226 g/mol. The van der Waals surface area contributed by atoms with E-state index in [1.54, 1.807) is 6.20 Å². The Balaban J connectivity index is 2.28. The van der Waals surface area contributed by atoms with E-state index in [-0.39, 0.29) is 12.0 Å². The topological polar surface area (TPSA) is 39.2 Å². The maximum Gasteiger partial charge on any atom is 0.293 e. The van der Waals surface area contributed by atoms with Crippen molar-refractivity contribution in [1.82, 2.24) is 4.98 Å². The summed E-state index contributed by atoms with van der Waals surface area (Å²) in [6.45, 7) is 0.578. The molecule has 1 aromatic heterocycles. The van der Waals surface area contributed by atoms with Crippen LogP contribution in [-0.2, 0) is 9.53 Å². The molecule has 0 amide bonds. The summed E-state index contributed by atoms with van der Waals surface area (Å²) in [6, 6.07) is 9.59. The summed E-state index contributed by atoms with van der Waals surface area (Å²) >= 11 is 6.08. The van der Waals surface area contributed by atoms with Crippen LogP contribution < -0.4 is 0 Å². The molecule has 2 rings (SSSR count). The third-order valence-electron chi connectivity index (χ3n) is 2.30. The largest absolute Gasteiger partial charge is 0.466 e. The van der Waals surface area contributed by atoms with Crippen LogP contribution >= 0.6 is 11.6 Å². The fraction of sp³-hybridized carbons (Fsp3) is 0.167. The zero-order chi connectivity index (χ0) is 11.4. The summed E-state index contributed by atoms with van der Waals surface area (Å²) in [5.41, 5.74) is 1.84. The quantitative estimate of drug-likeness (QED) is 0.604. The Kier molecular flexibility index (Phi) is 3.37. The van der Waals surface area contributed by atoms with Crippen LogP contribution in [0.3, 0.4) is 0 Å². The van der Waals surface area contributed by atoms with Gasteiger partial charge in [0.1, 0.15) is 6.61 Å². The first-order valence-corrected chi connectivity index (χ1v) is 5.29. The summed E-state index contributed by atoms with van der Waals surface area (Å²) in [5.74, 6) is 0. The summed E-state index contributed by atoms with van der Waals surface area (Å²) < 4.78 is 4.63. The van der Waals surface area contributed by atoms with Crippen molar-refractivity contribution in [2.45, 2.75) is 5.38 Å². The zero-order valence-corrected chi connectivity index (χ0v) is 9.22. The lowest BCUT2D eigenvalue weighted by Crippen LogP contribution is -2.00. The van der Waals surface area contributed by atoms with Crippen LogP contribution in [0.1, 0.15) is 10.9 Å². The van der Waals surface area contributed by atoms with Crippen molar-refractivity contribution in [2.24, 2.45) is 0 Å². The van der Waals surface area contributed by atoms with E-state index < -0.39 is 0 Å². The second-order valence-corrected chi connectivity index (χ2v) is 3.88. The minimum Gasteiger partial charge on any atom is -0.466 e. The van der Waals surface area contributed by atoms with Gasteiger partial charge in [-0.05, 0) is 23.8 Å².